The van der Waals surface area contributed by atoms with E-state index in [9.17, 15) is 18.0 Å². The molecular formula is C14H16F3NO2. The summed E-state index contributed by atoms with van der Waals surface area (Å²) in [6.45, 7) is 3.59. The van der Waals surface area contributed by atoms with Crippen LogP contribution in [-0.4, -0.2) is 12.3 Å². The zero-order valence-electron chi connectivity index (χ0n) is 11.3. The van der Waals surface area contributed by atoms with Crippen LogP contribution in [0.15, 0.2) is 24.3 Å². The lowest BCUT2D eigenvalue weighted by atomic mass is 10.0. The molecule has 0 bridgehead atoms. The van der Waals surface area contributed by atoms with Gasteiger partial charge in [0.05, 0.1) is 5.54 Å². The number of nitrogens with one attached hydrogen (secondary N) is 1. The van der Waals surface area contributed by atoms with Crippen LogP contribution in [0.2, 0.25) is 0 Å². The molecule has 0 saturated heterocycles. The maximum atomic E-state index is 12.1. The normalized spacial score (nSPS) is 16.9. The Hall–Kier alpha value is -1.72. The van der Waals surface area contributed by atoms with Gasteiger partial charge in [-0.1, -0.05) is 26.0 Å². The molecule has 0 aliphatic heterocycles. The summed E-state index contributed by atoms with van der Waals surface area (Å²) >= 11 is 0. The van der Waals surface area contributed by atoms with Gasteiger partial charge in [-0.2, -0.15) is 0 Å². The first-order valence-electron chi connectivity index (χ1n) is 6.40. The number of alkyl halides is 3. The Balaban J connectivity index is 2.08. The van der Waals surface area contributed by atoms with E-state index in [4.69, 9.17) is 0 Å². The van der Waals surface area contributed by atoms with Gasteiger partial charge in [-0.15, -0.1) is 13.2 Å². The third kappa shape index (κ3) is 3.43. The van der Waals surface area contributed by atoms with E-state index in [1.165, 1.54) is 12.1 Å². The van der Waals surface area contributed by atoms with Crippen molar-refractivity contribution < 1.29 is 22.7 Å². The van der Waals surface area contributed by atoms with E-state index in [1.807, 2.05) is 0 Å². The maximum Gasteiger partial charge on any atom is 0.573 e. The number of halogens is 3. The van der Waals surface area contributed by atoms with Gasteiger partial charge in [-0.25, -0.2) is 0 Å². The van der Waals surface area contributed by atoms with Gasteiger partial charge in [0.2, 0.25) is 5.91 Å². The molecule has 1 saturated carbocycles. The van der Waals surface area contributed by atoms with Crippen LogP contribution in [0.25, 0.3) is 0 Å². The summed E-state index contributed by atoms with van der Waals surface area (Å²) in [5.74, 6) is -0.439. The largest absolute Gasteiger partial charge is 0.573 e. The first-order chi connectivity index (χ1) is 9.22. The molecule has 1 N–H and O–H groups in total. The molecular weight excluding hydrogens is 271 g/mol. The molecule has 1 aliphatic rings. The van der Waals surface area contributed by atoms with Gasteiger partial charge in [0.15, 0.2) is 0 Å². The van der Waals surface area contributed by atoms with Crippen molar-refractivity contribution in [2.24, 2.45) is 5.92 Å². The Labute approximate surface area is 115 Å². The lowest BCUT2D eigenvalue weighted by Gasteiger charge is -2.20. The second-order valence-electron chi connectivity index (χ2n) is 5.30. The molecule has 1 aromatic carbocycles. The summed E-state index contributed by atoms with van der Waals surface area (Å²) in [5, 5.41) is 2.95. The number of ether oxygens (including phenoxy) is 1. The van der Waals surface area contributed by atoms with E-state index in [0.717, 1.165) is 18.4 Å². The maximum absolute atomic E-state index is 12.1. The number of rotatable bonds is 4. The molecule has 0 atom stereocenters. The average molecular weight is 287 g/mol. The Morgan fingerprint density at radius 1 is 1.25 bits per heavy atom. The topological polar surface area (TPSA) is 38.3 Å². The molecule has 110 valence electrons. The molecule has 1 aromatic rings. The summed E-state index contributed by atoms with van der Waals surface area (Å²) in [6, 6.07) is 5.66. The van der Waals surface area contributed by atoms with Crippen LogP contribution < -0.4 is 10.1 Å². The van der Waals surface area contributed by atoms with Crippen LogP contribution in [0, 0.1) is 5.92 Å². The molecule has 6 heteroatoms. The third-order valence-electron chi connectivity index (χ3n) is 3.28. The number of benzene rings is 1. The second kappa shape index (κ2) is 5.00. The number of hydrogen-bond donors (Lipinski definition) is 1. The van der Waals surface area contributed by atoms with E-state index in [0.29, 0.717) is 0 Å². The minimum absolute atomic E-state index is 0.0573. The van der Waals surface area contributed by atoms with Crippen LogP contribution in [-0.2, 0) is 10.3 Å². The summed E-state index contributed by atoms with van der Waals surface area (Å²) in [5.41, 5.74) is 0.388. The van der Waals surface area contributed by atoms with Gasteiger partial charge in [0.25, 0.3) is 0 Å². The summed E-state index contributed by atoms with van der Waals surface area (Å²) in [4.78, 5) is 11.7. The Kier molecular flexibility index (Phi) is 3.67. The minimum Gasteiger partial charge on any atom is -0.406 e. The fourth-order valence-electron chi connectivity index (χ4n) is 1.97. The number of carbonyl (C=O) groups excluding carboxylic acids is 1. The van der Waals surface area contributed by atoms with Crippen molar-refractivity contribution in [1.29, 1.82) is 0 Å². The molecule has 1 aliphatic carbocycles. The van der Waals surface area contributed by atoms with Gasteiger partial charge in [-0.05, 0) is 30.5 Å². The number of amides is 1. The molecule has 2 rings (SSSR count). The molecule has 0 heterocycles. The van der Waals surface area contributed by atoms with Gasteiger partial charge in [0.1, 0.15) is 5.75 Å². The first kappa shape index (κ1) is 14.7. The molecule has 20 heavy (non-hydrogen) atoms. The summed E-state index contributed by atoms with van der Waals surface area (Å²) < 4.78 is 40.0. The van der Waals surface area contributed by atoms with Crippen molar-refractivity contribution in [2.75, 3.05) is 0 Å². The Morgan fingerprint density at radius 2 is 1.80 bits per heavy atom. The highest BCUT2D eigenvalue weighted by Crippen LogP contribution is 2.46. The van der Waals surface area contributed by atoms with E-state index in [2.05, 4.69) is 10.1 Å². The van der Waals surface area contributed by atoms with E-state index in [-0.39, 0.29) is 17.6 Å². The monoisotopic (exact) mass is 287 g/mol. The number of hydrogen-bond acceptors (Lipinski definition) is 2. The SMILES string of the molecule is CC(C)C(=O)NC1(c2ccc(OC(F)(F)F)cc2)CC1. The van der Waals surface area contributed by atoms with Crippen LogP contribution in [0.5, 0.6) is 5.75 Å². The van der Waals surface area contributed by atoms with Crippen molar-refractivity contribution in [1.82, 2.24) is 5.32 Å². The smallest absolute Gasteiger partial charge is 0.406 e. The quantitative estimate of drug-likeness (QED) is 0.922. The molecule has 1 fully saturated rings. The molecule has 1 amide bonds. The standard InChI is InChI=1S/C14H16F3NO2/c1-9(2)12(19)18-13(7-8-13)10-3-5-11(6-4-10)20-14(15,16)17/h3-6,9H,7-8H2,1-2H3,(H,18,19). The van der Waals surface area contributed by atoms with Crippen molar-refractivity contribution >= 4 is 5.91 Å². The van der Waals surface area contributed by atoms with Crippen molar-refractivity contribution in [2.45, 2.75) is 38.6 Å². The highest BCUT2D eigenvalue weighted by atomic mass is 19.4. The second-order valence-corrected chi connectivity index (χ2v) is 5.30. The fraction of sp³-hybridized carbons (Fsp3) is 0.500. The van der Waals surface area contributed by atoms with Crippen LogP contribution in [0.4, 0.5) is 13.2 Å². The van der Waals surface area contributed by atoms with Gasteiger partial charge in [-0.3, -0.25) is 4.79 Å². The van der Waals surface area contributed by atoms with Gasteiger partial charge >= 0.3 is 6.36 Å². The molecule has 0 aromatic heterocycles. The van der Waals surface area contributed by atoms with E-state index >= 15 is 0 Å². The molecule has 3 nitrogen and oxygen atoms in total. The first-order valence-corrected chi connectivity index (χ1v) is 6.40. The zero-order chi connectivity index (χ0) is 15.0. The summed E-state index contributed by atoms with van der Waals surface area (Å²) in [6.07, 6.45) is -3.10. The number of carbonyl (C=O) groups is 1. The predicted molar refractivity (Wildman–Crippen MR) is 67.0 cm³/mol. The Morgan fingerprint density at radius 3 is 2.20 bits per heavy atom. The highest BCUT2D eigenvalue weighted by Gasteiger charge is 2.45. The molecule has 0 radical (unpaired) electrons. The molecule has 0 spiro atoms. The minimum atomic E-state index is -4.69. The third-order valence-corrected chi connectivity index (χ3v) is 3.28. The van der Waals surface area contributed by atoms with Crippen LogP contribution in [0.1, 0.15) is 32.3 Å². The van der Waals surface area contributed by atoms with Gasteiger partial charge in [0, 0.05) is 5.92 Å². The fourth-order valence-corrected chi connectivity index (χ4v) is 1.97. The highest BCUT2D eigenvalue weighted by molar-refractivity contribution is 5.79. The van der Waals surface area contributed by atoms with Crippen molar-refractivity contribution in [3.8, 4) is 5.75 Å². The average Bonchev–Trinajstić information content (AvgIpc) is 3.08. The zero-order valence-corrected chi connectivity index (χ0v) is 11.3. The van der Waals surface area contributed by atoms with Crippen molar-refractivity contribution in [3.05, 3.63) is 29.8 Å². The van der Waals surface area contributed by atoms with E-state index < -0.39 is 11.9 Å². The van der Waals surface area contributed by atoms with Gasteiger partial charge < -0.3 is 10.1 Å². The lowest BCUT2D eigenvalue weighted by molar-refractivity contribution is -0.274. The summed E-state index contributed by atoms with van der Waals surface area (Å²) in [7, 11) is 0. The van der Waals surface area contributed by atoms with Crippen LogP contribution >= 0.6 is 0 Å². The van der Waals surface area contributed by atoms with Crippen molar-refractivity contribution in [3.63, 3.8) is 0 Å². The lowest BCUT2D eigenvalue weighted by Crippen LogP contribution is -2.37. The molecule has 0 unspecified atom stereocenters. The van der Waals surface area contributed by atoms with Crippen LogP contribution in [0.3, 0.4) is 0 Å². The van der Waals surface area contributed by atoms with E-state index in [1.54, 1.807) is 26.0 Å². The predicted octanol–water partition coefficient (Wildman–Crippen LogP) is 3.35. The Bertz CT molecular complexity index is 490.